The maximum Gasteiger partial charge on any atom is 0.118 e. The van der Waals surface area contributed by atoms with Crippen LogP contribution in [-0.4, -0.2) is 37.0 Å². The van der Waals surface area contributed by atoms with E-state index in [0.717, 1.165) is 43.5 Å². The Bertz CT molecular complexity index is 312. The average Bonchev–Trinajstić information content (AvgIpc) is 2.98. The summed E-state index contributed by atoms with van der Waals surface area (Å²) in [6.45, 7) is 2.63. The Hall–Kier alpha value is -0.520. The van der Waals surface area contributed by atoms with Crippen molar-refractivity contribution in [2.24, 2.45) is 5.92 Å². The van der Waals surface area contributed by atoms with Gasteiger partial charge in [-0.15, -0.1) is 21.5 Å². The molecule has 1 aliphatic rings. The highest BCUT2D eigenvalue weighted by Gasteiger charge is 2.23. The summed E-state index contributed by atoms with van der Waals surface area (Å²) in [4.78, 5) is 0. The number of hydrogen-bond acceptors (Lipinski definition) is 5. The molecule has 2 rings (SSSR count). The van der Waals surface area contributed by atoms with Gasteiger partial charge in [-0.3, -0.25) is 0 Å². The van der Waals surface area contributed by atoms with E-state index in [1.807, 2.05) is 0 Å². The van der Waals surface area contributed by atoms with Gasteiger partial charge in [-0.2, -0.15) is 0 Å². The molecule has 4 nitrogen and oxygen atoms in total. The zero-order valence-corrected chi connectivity index (χ0v) is 10.6. The van der Waals surface area contributed by atoms with Gasteiger partial charge in [0.15, 0.2) is 0 Å². The number of aromatic nitrogens is 2. The fourth-order valence-electron chi connectivity index (χ4n) is 1.54. The molecule has 1 heterocycles. The van der Waals surface area contributed by atoms with Crippen LogP contribution < -0.4 is 5.32 Å². The molecule has 1 aliphatic carbocycles. The van der Waals surface area contributed by atoms with E-state index in [1.54, 1.807) is 18.4 Å². The second kappa shape index (κ2) is 6.27. The Morgan fingerprint density at radius 1 is 1.31 bits per heavy atom. The molecule has 1 aromatic heterocycles. The van der Waals surface area contributed by atoms with Gasteiger partial charge in [-0.05, 0) is 18.8 Å². The monoisotopic (exact) mass is 241 g/mol. The second-order valence-corrected chi connectivity index (χ2v) is 5.38. The SMILES string of the molecule is COCCNCCc1nnc(CC2CC2)s1. The lowest BCUT2D eigenvalue weighted by atomic mass is 10.3. The molecule has 16 heavy (non-hydrogen) atoms. The minimum atomic E-state index is 0.767. The van der Waals surface area contributed by atoms with Crippen LogP contribution in [0.3, 0.4) is 0 Å². The summed E-state index contributed by atoms with van der Waals surface area (Å²) < 4.78 is 4.96. The smallest absolute Gasteiger partial charge is 0.118 e. The van der Waals surface area contributed by atoms with Crippen LogP contribution in [0.5, 0.6) is 0 Å². The molecule has 0 amide bonds. The number of ether oxygens (including phenoxy) is 1. The highest BCUT2D eigenvalue weighted by atomic mass is 32.1. The number of nitrogens with zero attached hydrogens (tertiary/aromatic N) is 2. The van der Waals surface area contributed by atoms with E-state index < -0.39 is 0 Å². The molecule has 0 aliphatic heterocycles. The summed E-state index contributed by atoms with van der Waals surface area (Å²) in [5, 5.41) is 14.1. The average molecular weight is 241 g/mol. The van der Waals surface area contributed by atoms with Gasteiger partial charge in [0.05, 0.1) is 6.61 Å². The molecule has 0 unspecified atom stereocenters. The highest BCUT2D eigenvalue weighted by Crippen LogP contribution is 2.33. The van der Waals surface area contributed by atoms with E-state index in [9.17, 15) is 0 Å². The van der Waals surface area contributed by atoms with Crippen LogP contribution >= 0.6 is 11.3 Å². The lowest BCUT2D eigenvalue weighted by Crippen LogP contribution is -2.21. The minimum Gasteiger partial charge on any atom is -0.383 e. The first-order chi connectivity index (χ1) is 7.88. The van der Waals surface area contributed by atoms with E-state index in [4.69, 9.17) is 4.74 Å². The maximum atomic E-state index is 4.96. The van der Waals surface area contributed by atoms with Crippen LogP contribution in [0.15, 0.2) is 0 Å². The van der Waals surface area contributed by atoms with Gasteiger partial charge in [0.25, 0.3) is 0 Å². The number of rotatable bonds is 8. The van der Waals surface area contributed by atoms with Gasteiger partial charge < -0.3 is 10.1 Å². The standard InChI is InChI=1S/C11H19N3OS/c1-15-7-6-12-5-4-10-13-14-11(16-10)8-9-2-3-9/h9,12H,2-8H2,1H3. The summed E-state index contributed by atoms with van der Waals surface area (Å²) in [5.41, 5.74) is 0. The number of nitrogens with one attached hydrogen (secondary N) is 1. The summed E-state index contributed by atoms with van der Waals surface area (Å²) in [5.74, 6) is 0.903. The third-order valence-electron chi connectivity index (χ3n) is 2.67. The molecule has 0 spiro atoms. The first kappa shape index (κ1) is 12.0. The summed E-state index contributed by atoms with van der Waals surface area (Å²) in [6, 6.07) is 0. The van der Waals surface area contributed by atoms with Crippen LogP contribution in [0.1, 0.15) is 22.9 Å². The van der Waals surface area contributed by atoms with Crippen molar-refractivity contribution in [1.29, 1.82) is 0 Å². The van der Waals surface area contributed by atoms with Crippen molar-refractivity contribution in [3.8, 4) is 0 Å². The van der Waals surface area contributed by atoms with E-state index in [-0.39, 0.29) is 0 Å². The minimum absolute atomic E-state index is 0.767. The topological polar surface area (TPSA) is 47.0 Å². The molecule has 5 heteroatoms. The Morgan fingerprint density at radius 3 is 2.88 bits per heavy atom. The van der Waals surface area contributed by atoms with Crippen LogP contribution in [0.25, 0.3) is 0 Å². The third-order valence-corrected chi connectivity index (χ3v) is 3.67. The van der Waals surface area contributed by atoms with Crippen molar-refractivity contribution < 1.29 is 4.74 Å². The highest BCUT2D eigenvalue weighted by molar-refractivity contribution is 7.11. The quantitative estimate of drug-likeness (QED) is 0.696. The van der Waals surface area contributed by atoms with E-state index in [1.165, 1.54) is 17.8 Å². The van der Waals surface area contributed by atoms with E-state index >= 15 is 0 Å². The Kier molecular flexibility index (Phi) is 4.69. The lowest BCUT2D eigenvalue weighted by molar-refractivity contribution is 0.199. The fourth-order valence-corrected chi connectivity index (χ4v) is 2.49. The number of methoxy groups -OCH3 is 1. The Balaban J connectivity index is 1.62. The summed E-state index contributed by atoms with van der Waals surface area (Å²) >= 11 is 1.77. The lowest BCUT2D eigenvalue weighted by Gasteiger charge is -2.00. The predicted octanol–water partition coefficient (Wildman–Crippen LogP) is 1.27. The van der Waals surface area contributed by atoms with Crippen molar-refractivity contribution >= 4 is 11.3 Å². The van der Waals surface area contributed by atoms with E-state index in [2.05, 4.69) is 15.5 Å². The fraction of sp³-hybridized carbons (Fsp3) is 0.818. The van der Waals surface area contributed by atoms with E-state index in [0.29, 0.717) is 0 Å². The molecule has 90 valence electrons. The van der Waals surface area contributed by atoms with Crippen LogP contribution in [0.4, 0.5) is 0 Å². The third kappa shape index (κ3) is 4.15. The largest absolute Gasteiger partial charge is 0.383 e. The van der Waals surface area contributed by atoms with Gasteiger partial charge in [0.2, 0.25) is 0 Å². The predicted molar refractivity (Wildman–Crippen MR) is 64.8 cm³/mol. The molecule has 1 fully saturated rings. The Labute approximate surface area is 100 Å². The summed E-state index contributed by atoms with van der Waals surface area (Å²) in [7, 11) is 1.72. The maximum absolute atomic E-state index is 4.96. The zero-order valence-electron chi connectivity index (χ0n) is 9.74. The molecule has 1 aromatic rings. The zero-order chi connectivity index (χ0) is 11.2. The normalized spacial score (nSPS) is 15.6. The molecule has 1 saturated carbocycles. The van der Waals surface area contributed by atoms with Crippen molar-refractivity contribution in [1.82, 2.24) is 15.5 Å². The van der Waals surface area contributed by atoms with Crippen LogP contribution in [0, 0.1) is 5.92 Å². The van der Waals surface area contributed by atoms with Gasteiger partial charge in [-0.25, -0.2) is 0 Å². The molecular formula is C11H19N3OS. The van der Waals surface area contributed by atoms with Crippen molar-refractivity contribution in [2.75, 3.05) is 26.8 Å². The first-order valence-electron chi connectivity index (χ1n) is 5.89. The van der Waals surface area contributed by atoms with Gasteiger partial charge in [0, 0.05) is 33.0 Å². The van der Waals surface area contributed by atoms with Crippen LogP contribution in [-0.2, 0) is 17.6 Å². The molecule has 0 atom stereocenters. The van der Waals surface area contributed by atoms with Gasteiger partial charge in [-0.1, -0.05) is 0 Å². The number of hydrogen-bond donors (Lipinski definition) is 1. The summed E-state index contributed by atoms with van der Waals surface area (Å²) in [6.07, 6.45) is 4.89. The Morgan fingerprint density at radius 2 is 2.12 bits per heavy atom. The molecule has 0 radical (unpaired) electrons. The second-order valence-electron chi connectivity index (χ2n) is 4.23. The van der Waals surface area contributed by atoms with Gasteiger partial charge >= 0.3 is 0 Å². The molecular weight excluding hydrogens is 222 g/mol. The van der Waals surface area contributed by atoms with Crippen LogP contribution in [0.2, 0.25) is 0 Å². The molecule has 0 bridgehead atoms. The van der Waals surface area contributed by atoms with Crippen molar-refractivity contribution in [3.63, 3.8) is 0 Å². The first-order valence-corrected chi connectivity index (χ1v) is 6.71. The molecule has 0 saturated heterocycles. The van der Waals surface area contributed by atoms with Gasteiger partial charge in [0.1, 0.15) is 10.0 Å². The van der Waals surface area contributed by atoms with Crippen molar-refractivity contribution in [3.05, 3.63) is 10.0 Å². The van der Waals surface area contributed by atoms with Crippen molar-refractivity contribution in [2.45, 2.75) is 25.7 Å². The molecule has 0 aromatic carbocycles. The molecule has 1 N–H and O–H groups in total.